The van der Waals surface area contributed by atoms with Crippen LogP contribution in [0.15, 0.2) is 28.7 Å². The van der Waals surface area contributed by atoms with Gasteiger partial charge in [0.1, 0.15) is 11.5 Å². The van der Waals surface area contributed by atoms with Crippen molar-refractivity contribution in [2.45, 2.75) is 32.3 Å². The standard InChI is InChI=1S/C18H23FN2O2/c1-3-21-10-8-14(9-11-21)18-20-16(12-22-2)17(23-18)13-4-6-15(19)7-5-13/h4-7,14H,3,8-12H2,1-2H3. The quantitative estimate of drug-likeness (QED) is 0.840. The highest BCUT2D eigenvalue weighted by molar-refractivity contribution is 5.59. The van der Waals surface area contributed by atoms with Crippen LogP contribution in [-0.4, -0.2) is 36.6 Å². The van der Waals surface area contributed by atoms with E-state index in [0.717, 1.165) is 49.6 Å². The van der Waals surface area contributed by atoms with Gasteiger partial charge in [0.15, 0.2) is 11.7 Å². The first kappa shape index (κ1) is 16.1. The van der Waals surface area contributed by atoms with E-state index in [2.05, 4.69) is 16.8 Å². The number of hydrogen-bond donors (Lipinski definition) is 0. The molecule has 124 valence electrons. The van der Waals surface area contributed by atoms with Gasteiger partial charge in [-0.15, -0.1) is 0 Å². The van der Waals surface area contributed by atoms with Crippen LogP contribution in [0.3, 0.4) is 0 Å². The number of oxazole rings is 1. The van der Waals surface area contributed by atoms with Crippen molar-refractivity contribution in [3.63, 3.8) is 0 Å². The van der Waals surface area contributed by atoms with Crippen molar-refractivity contribution in [1.82, 2.24) is 9.88 Å². The van der Waals surface area contributed by atoms with Gasteiger partial charge in [0.2, 0.25) is 0 Å². The molecule has 5 heteroatoms. The number of rotatable bonds is 5. The van der Waals surface area contributed by atoms with Crippen molar-refractivity contribution in [1.29, 1.82) is 0 Å². The van der Waals surface area contributed by atoms with Gasteiger partial charge in [0.05, 0.1) is 6.61 Å². The molecule has 0 amide bonds. The third-order valence-corrected chi connectivity index (χ3v) is 4.49. The number of ether oxygens (including phenoxy) is 1. The van der Waals surface area contributed by atoms with E-state index in [4.69, 9.17) is 9.15 Å². The molecule has 1 aromatic heterocycles. The fourth-order valence-electron chi connectivity index (χ4n) is 3.10. The zero-order chi connectivity index (χ0) is 16.2. The molecule has 1 aromatic carbocycles. The van der Waals surface area contributed by atoms with Gasteiger partial charge in [-0.25, -0.2) is 9.37 Å². The SMILES string of the molecule is CCN1CCC(c2nc(COC)c(-c3ccc(F)cc3)o2)CC1. The van der Waals surface area contributed by atoms with Gasteiger partial charge in [-0.05, 0) is 56.7 Å². The average Bonchev–Trinajstić information content (AvgIpc) is 3.00. The molecule has 1 fully saturated rings. The second-order valence-corrected chi connectivity index (χ2v) is 5.98. The lowest BCUT2D eigenvalue weighted by Crippen LogP contribution is -2.32. The van der Waals surface area contributed by atoms with E-state index in [1.165, 1.54) is 12.1 Å². The number of halogens is 1. The lowest BCUT2D eigenvalue weighted by Gasteiger charge is -2.29. The number of likely N-dealkylation sites (tertiary alicyclic amines) is 1. The Morgan fingerprint density at radius 2 is 1.96 bits per heavy atom. The van der Waals surface area contributed by atoms with Crippen LogP contribution in [0.4, 0.5) is 4.39 Å². The largest absolute Gasteiger partial charge is 0.440 e. The Kier molecular flexibility index (Phi) is 5.08. The van der Waals surface area contributed by atoms with Crippen LogP contribution >= 0.6 is 0 Å². The van der Waals surface area contributed by atoms with Crippen molar-refractivity contribution in [3.8, 4) is 11.3 Å². The van der Waals surface area contributed by atoms with Crippen LogP contribution < -0.4 is 0 Å². The molecule has 0 bridgehead atoms. The molecular weight excluding hydrogens is 295 g/mol. The number of benzene rings is 1. The third-order valence-electron chi connectivity index (χ3n) is 4.49. The van der Waals surface area contributed by atoms with E-state index in [9.17, 15) is 4.39 Å². The van der Waals surface area contributed by atoms with Crippen molar-refractivity contribution in [2.75, 3.05) is 26.7 Å². The maximum atomic E-state index is 13.1. The van der Waals surface area contributed by atoms with E-state index in [1.807, 2.05) is 0 Å². The molecule has 1 aliphatic rings. The van der Waals surface area contributed by atoms with Crippen LogP contribution in [0.1, 0.15) is 37.3 Å². The summed E-state index contributed by atoms with van der Waals surface area (Å²) >= 11 is 0. The summed E-state index contributed by atoms with van der Waals surface area (Å²) in [5.74, 6) is 1.57. The molecule has 1 saturated heterocycles. The van der Waals surface area contributed by atoms with Crippen molar-refractivity contribution < 1.29 is 13.5 Å². The molecule has 0 radical (unpaired) electrons. The summed E-state index contributed by atoms with van der Waals surface area (Å²) in [6, 6.07) is 6.32. The van der Waals surface area contributed by atoms with Crippen molar-refractivity contribution in [2.24, 2.45) is 0 Å². The number of piperidine rings is 1. The molecule has 3 rings (SSSR count). The highest BCUT2D eigenvalue weighted by Crippen LogP contribution is 2.33. The highest BCUT2D eigenvalue weighted by atomic mass is 19.1. The maximum absolute atomic E-state index is 13.1. The maximum Gasteiger partial charge on any atom is 0.198 e. The van der Waals surface area contributed by atoms with Gasteiger partial charge in [0.25, 0.3) is 0 Å². The fourth-order valence-corrected chi connectivity index (χ4v) is 3.10. The van der Waals surface area contributed by atoms with Crippen LogP contribution in [0.2, 0.25) is 0 Å². The minimum atomic E-state index is -0.256. The van der Waals surface area contributed by atoms with E-state index in [0.29, 0.717) is 18.3 Å². The van der Waals surface area contributed by atoms with Crippen LogP contribution in [0.5, 0.6) is 0 Å². The summed E-state index contributed by atoms with van der Waals surface area (Å²) in [6.45, 7) is 5.83. The number of aromatic nitrogens is 1. The van der Waals surface area contributed by atoms with Gasteiger partial charge in [-0.2, -0.15) is 0 Å². The number of hydrogen-bond acceptors (Lipinski definition) is 4. The lowest BCUT2D eigenvalue weighted by molar-refractivity contribution is 0.181. The average molecular weight is 318 g/mol. The van der Waals surface area contributed by atoms with Gasteiger partial charge in [-0.1, -0.05) is 6.92 Å². The molecule has 0 N–H and O–H groups in total. The summed E-state index contributed by atoms with van der Waals surface area (Å²) in [5.41, 5.74) is 1.62. The Labute approximate surface area is 136 Å². The third kappa shape index (κ3) is 3.62. The molecule has 23 heavy (non-hydrogen) atoms. The van der Waals surface area contributed by atoms with Gasteiger partial charge < -0.3 is 14.1 Å². The van der Waals surface area contributed by atoms with Crippen LogP contribution in [0.25, 0.3) is 11.3 Å². The first-order valence-corrected chi connectivity index (χ1v) is 8.18. The minimum Gasteiger partial charge on any atom is -0.440 e. The van der Waals surface area contributed by atoms with Gasteiger partial charge in [0, 0.05) is 18.6 Å². The summed E-state index contributed by atoms with van der Waals surface area (Å²) in [6.07, 6.45) is 2.12. The van der Waals surface area contributed by atoms with Crippen LogP contribution in [-0.2, 0) is 11.3 Å². The molecule has 0 saturated carbocycles. The Bertz CT molecular complexity index is 631. The van der Waals surface area contributed by atoms with Gasteiger partial charge >= 0.3 is 0 Å². The van der Waals surface area contributed by atoms with Crippen molar-refractivity contribution >= 4 is 0 Å². The zero-order valence-corrected chi connectivity index (χ0v) is 13.7. The Hall–Kier alpha value is -1.72. The Morgan fingerprint density at radius 1 is 1.26 bits per heavy atom. The highest BCUT2D eigenvalue weighted by Gasteiger charge is 2.26. The summed E-state index contributed by atoms with van der Waals surface area (Å²) in [7, 11) is 1.64. The summed E-state index contributed by atoms with van der Waals surface area (Å²) < 4.78 is 24.5. The van der Waals surface area contributed by atoms with E-state index >= 15 is 0 Å². The molecule has 4 nitrogen and oxygen atoms in total. The predicted octanol–water partition coefficient (Wildman–Crippen LogP) is 3.83. The Balaban J connectivity index is 1.85. The molecule has 0 unspecified atom stereocenters. The molecule has 0 spiro atoms. The summed E-state index contributed by atoms with van der Waals surface area (Å²) in [5, 5.41) is 0. The molecule has 1 aliphatic heterocycles. The Morgan fingerprint density at radius 3 is 2.57 bits per heavy atom. The molecule has 2 aromatic rings. The second kappa shape index (κ2) is 7.23. The lowest BCUT2D eigenvalue weighted by atomic mass is 9.97. The zero-order valence-electron chi connectivity index (χ0n) is 13.7. The van der Waals surface area contributed by atoms with Crippen LogP contribution in [0, 0.1) is 5.82 Å². The van der Waals surface area contributed by atoms with Gasteiger partial charge in [-0.3, -0.25) is 0 Å². The normalized spacial score (nSPS) is 16.8. The molecule has 0 atom stereocenters. The topological polar surface area (TPSA) is 38.5 Å². The summed E-state index contributed by atoms with van der Waals surface area (Å²) in [4.78, 5) is 7.11. The second-order valence-electron chi connectivity index (χ2n) is 5.98. The fraction of sp³-hybridized carbons (Fsp3) is 0.500. The van der Waals surface area contributed by atoms with E-state index < -0.39 is 0 Å². The predicted molar refractivity (Wildman–Crippen MR) is 86.7 cm³/mol. The van der Waals surface area contributed by atoms with E-state index in [-0.39, 0.29) is 5.82 Å². The number of nitrogens with zero attached hydrogens (tertiary/aromatic N) is 2. The molecule has 2 heterocycles. The first-order chi connectivity index (χ1) is 11.2. The van der Waals surface area contributed by atoms with E-state index in [1.54, 1.807) is 19.2 Å². The minimum absolute atomic E-state index is 0.256. The monoisotopic (exact) mass is 318 g/mol. The molecular formula is C18H23FN2O2. The smallest absolute Gasteiger partial charge is 0.198 e. The number of methoxy groups -OCH3 is 1. The first-order valence-electron chi connectivity index (χ1n) is 8.18. The molecule has 0 aliphatic carbocycles. The van der Waals surface area contributed by atoms with Crippen molar-refractivity contribution in [3.05, 3.63) is 41.7 Å².